The maximum absolute atomic E-state index is 14.0. The van der Waals surface area contributed by atoms with Crippen LogP contribution in [0.2, 0.25) is 0 Å². The number of amides is 1. The zero-order valence-corrected chi connectivity index (χ0v) is 16.0. The van der Waals surface area contributed by atoms with Crippen molar-refractivity contribution in [3.63, 3.8) is 0 Å². The molecular weight excluding hydrogens is 367 g/mol. The molecule has 1 N–H and O–H groups in total. The molecular formula is C20H23FN2O3S. The predicted molar refractivity (Wildman–Crippen MR) is 101 cm³/mol. The van der Waals surface area contributed by atoms with E-state index in [1.54, 1.807) is 35.2 Å². The number of nitrogens with zero attached hydrogens (tertiary/aromatic N) is 1. The topological polar surface area (TPSA) is 66.5 Å². The monoisotopic (exact) mass is 390 g/mol. The van der Waals surface area contributed by atoms with Gasteiger partial charge >= 0.3 is 0 Å². The van der Waals surface area contributed by atoms with Crippen LogP contribution in [0.15, 0.2) is 53.4 Å². The lowest BCUT2D eigenvalue weighted by Gasteiger charge is -2.23. The average molecular weight is 390 g/mol. The van der Waals surface area contributed by atoms with Crippen molar-refractivity contribution in [1.29, 1.82) is 0 Å². The third-order valence-corrected chi connectivity index (χ3v) is 5.94. The van der Waals surface area contributed by atoms with Crippen LogP contribution < -0.4 is 4.72 Å². The van der Waals surface area contributed by atoms with Gasteiger partial charge in [0.25, 0.3) is 5.91 Å². The van der Waals surface area contributed by atoms with E-state index < -0.39 is 10.0 Å². The molecule has 144 valence electrons. The molecule has 0 spiro atoms. The lowest BCUT2D eigenvalue weighted by Crippen LogP contribution is -2.33. The van der Waals surface area contributed by atoms with E-state index in [2.05, 4.69) is 4.72 Å². The molecule has 2 aromatic rings. The summed E-state index contributed by atoms with van der Waals surface area (Å²) < 4.78 is 41.2. The number of rotatable bonds is 8. The Balaban J connectivity index is 1.85. The van der Waals surface area contributed by atoms with E-state index in [0.29, 0.717) is 18.5 Å². The number of halogens is 1. The van der Waals surface area contributed by atoms with Crippen LogP contribution in [0.3, 0.4) is 0 Å². The number of benzene rings is 2. The molecule has 0 radical (unpaired) electrons. The first-order chi connectivity index (χ1) is 12.9. The van der Waals surface area contributed by atoms with Gasteiger partial charge in [0.15, 0.2) is 0 Å². The van der Waals surface area contributed by atoms with Crippen LogP contribution in [0.5, 0.6) is 0 Å². The summed E-state index contributed by atoms with van der Waals surface area (Å²) >= 11 is 0. The molecule has 1 fully saturated rings. The van der Waals surface area contributed by atoms with E-state index in [-0.39, 0.29) is 34.8 Å². The maximum atomic E-state index is 14.0. The van der Waals surface area contributed by atoms with Crippen LogP contribution in [0.4, 0.5) is 4.39 Å². The molecule has 0 aliphatic heterocycles. The van der Waals surface area contributed by atoms with Gasteiger partial charge in [0.1, 0.15) is 5.82 Å². The van der Waals surface area contributed by atoms with Crippen LogP contribution in [0, 0.1) is 5.82 Å². The number of hydrogen-bond acceptors (Lipinski definition) is 3. The molecule has 0 unspecified atom stereocenters. The number of carbonyl (C=O) groups is 1. The third kappa shape index (κ3) is 4.73. The molecule has 0 atom stereocenters. The standard InChI is InChI=1S/C20H23FN2O3S/c1-2-12-22-27(25,26)18-8-5-7-15(13-18)20(24)23(17-10-11-17)14-16-6-3-4-9-19(16)21/h3-9,13,17,22H,2,10-12,14H2,1H3. The molecule has 1 aliphatic carbocycles. The van der Waals surface area contributed by atoms with E-state index >= 15 is 0 Å². The minimum atomic E-state index is -3.66. The van der Waals surface area contributed by atoms with Gasteiger partial charge in [-0.05, 0) is 43.5 Å². The van der Waals surface area contributed by atoms with Crippen LogP contribution >= 0.6 is 0 Å². The van der Waals surface area contributed by atoms with Crippen molar-refractivity contribution in [1.82, 2.24) is 9.62 Å². The SMILES string of the molecule is CCCNS(=O)(=O)c1cccc(C(=O)N(Cc2ccccc2F)C2CC2)c1. The molecule has 2 aromatic carbocycles. The third-order valence-electron chi connectivity index (χ3n) is 4.48. The summed E-state index contributed by atoms with van der Waals surface area (Å²) in [6, 6.07) is 12.4. The highest BCUT2D eigenvalue weighted by Crippen LogP contribution is 2.30. The van der Waals surface area contributed by atoms with Crippen molar-refractivity contribution >= 4 is 15.9 Å². The first-order valence-electron chi connectivity index (χ1n) is 9.06. The number of sulfonamides is 1. The van der Waals surface area contributed by atoms with Gasteiger partial charge in [-0.1, -0.05) is 31.2 Å². The first-order valence-corrected chi connectivity index (χ1v) is 10.5. The molecule has 1 amide bonds. The fourth-order valence-corrected chi connectivity index (χ4v) is 4.02. The second kappa shape index (κ2) is 8.19. The molecule has 7 heteroatoms. The molecule has 0 heterocycles. The Morgan fingerprint density at radius 3 is 2.59 bits per heavy atom. The predicted octanol–water partition coefficient (Wildman–Crippen LogP) is 3.32. The second-order valence-corrected chi connectivity index (χ2v) is 8.45. The van der Waals surface area contributed by atoms with Crippen LogP contribution in [-0.4, -0.2) is 31.8 Å². The minimum absolute atomic E-state index is 0.0587. The Bertz CT molecular complexity index is 926. The van der Waals surface area contributed by atoms with Crippen LogP contribution in [0.25, 0.3) is 0 Å². The van der Waals surface area contributed by atoms with Crippen LogP contribution in [-0.2, 0) is 16.6 Å². The smallest absolute Gasteiger partial charge is 0.254 e. The summed E-state index contributed by atoms with van der Waals surface area (Å²) in [5.41, 5.74) is 0.740. The van der Waals surface area contributed by atoms with Crippen LogP contribution in [0.1, 0.15) is 42.1 Å². The van der Waals surface area contributed by atoms with Gasteiger partial charge in [-0.15, -0.1) is 0 Å². The van der Waals surface area contributed by atoms with Crippen molar-refractivity contribution in [2.24, 2.45) is 0 Å². The quantitative estimate of drug-likeness (QED) is 0.752. The molecule has 1 aliphatic rings. The highest BCUT2D eigenvalue weighted by molar-refractivity contribution is 7.89. The van der Waals surface area contributed by atoms with E-state index in [9.17, 15) is 17.6 Å². The summed E-state index contributed by atoms with van der Waals surface area (Å²) in [4.78, 5) is 14.7. The van der Waals surface area contributed by atoms with E-state index in [4.69, 9.17) is 0 Å². The summed E-state index contributed by atoms with van der Waals surface area (Å²) in [5.74, 6) is -0.635. The van der Waals surface area contributed by atoms with Gasteiger partial charge in [0.2, 0.25) is 10.0 Å². The Morgan fingerprint density at radius 2 is 1.93 bits per heavy atom. The minimum Gasteiger partial charge on any atom is -0.331 e. The average Bonchev–Trinajstić information content (AvgIpc) is 3.50. The molecule has 3 rings (SSSR count). The molecule has 1 saturated carbocycles. The number of hydrogen-bond donors (Lipinski definition) is 1. The van der Waals surface area contributed by atoms with Gasteiger partial charge in [0.05, 0.1) is 4.90 Å². The highest BCUT2D eigenvalue weighted by Gasteiger charge is 2.33. The molecule has 0 bridgehead atoms. The van der Waals surface area contributed by atoms with E-state index in [0.717, 1.165) is 12.8 Å². The largest absolute Gasteiger partial charge is 0.331 e. The summed E-state index contributed by atoms with van der Waals surface area (Å²) in [6.45, 7) is 2.38. The Kier molecular flexibility index (Phi) is 5.92. The van der Waals surface area contributed by atoms with Crippen molar-refractivity contribution in [2.75, 3.05) is 6.54 Å². The van der Waals surface area contributed by atoms with E-state index in [1.807, 2.05) is 6.92 Å². The van der Waals surface area contributed by atoms with Gasteiger partial charge in [0, 0.05) is 30.3 Å². The molecule has 27 heavy (non-hydrogen) atoms. The Labute approximate surface area is 159 Å². The summed E-state index contributed by atoms with van der Waals surface area (Å²) in [6.07, 6.45) is 2.42. The van der Waals surface area contributed by atoms with Gasteiger partial charge in [-0.3, -0.25) is 4.79 Å². The Morgan fingerprint density at radius 1 is 1.19 bits per heavy atom. The highest BCUT2D eigenvalue weighted by atomic mass is 32.2. The fraction of sp³-hybridized carbons (Fsp3) is 0.350. The fourth-order valence-electron chi connectivity index (χ4n) is 2.84. The zero-order valence-electron chi connectivity index (χ0n) is 15.2. The lowest BCUT2D eigenvalue weighted by atomic mass is 10.1. The van der Waals surface area contributed by atoms with Gasteiger partial charge in [-0.2, -0.15) is 0 Å². The first kappa shape index (κ1) is 19.5. The summed E-state index contributed by atoms with van der Waals surface area (Å²) in [5, 5.41) is 0. The normalized spacial score (nSPS) is 14.1. The Hall–Kier alpha value is -2.25. The van der Waals surface area contributed by atoms with Crippen molar-refractivity contribution in [3.05, 3.63) is 65.5 Å². The summed E-state index contributed by atoms with van der Waals surface area (Å²) in [7, 11) is -3.66. The molecule has 5 nitrogen and oxygen atoms in total. The van der Waals surface area contributed by atoms with Crippen molar-refractivity contribution < 1.29 is 17.6 Å². The van der Waals surface area contributed by atoms with Crippen molar-refractivity contribution in [3.8, 4) is 0 Å². The van der Waals surface area contributed by atoms with Gasteiger partial charge < -0.3 is 4.90 Å². The number of carbonyl (C=O) groups excluding carboxylic acids is 1. The molecule has 0 aromatic heterocycles. The number of nitrogens with one attached hydrogen (secondary N) is 1. The lowest BCUT2D eigenvalue weighted by molar-refractivity contribution is 0.0728. The maximum Gasteiger partial charge on any atom is 0.254 e. The van der Waals surface area contributed by atoms with E-state index in [1.165, 1.54) is 18.2 Å². The second-order valence-electron chi connectivity index (χ2n) is 6.68. The van der Waals surface area contributed by atoms with Gasteiger partial charge in [-0.25, -0.2) is 17.5 Å². The van der Waals surface area contributed by atoms with Crippen molar-refractivity contribution in [2.45, 2.75) is 43.7 Å². The molecule has 0 saturated heterocycles. The zero-order chi connectivity index (χ0) is 19.4.